The maximum absolute atomic E-state index is 12.4. The predicted molar refractivity (Wildman–Crippen MR) is 95.9 cm³/mol. The summed E-state index contributed by atoms with van der Waals surface area (Å²) in [4.78, 5) is 40.0. The molecule has 130 valence electrons. The van der Waals surface area contributed by atoms with Crippen LogP contribution in [0.4, 0.5) is 5.69 Å². The van der Waals surface area contributed by atoms with Crippen molar-refractivity contribution < 1.29 is 14.4 Å². The summed E-state index contributed by atoms with van der Waals surface area (Å²) in [6, 6.07) is 11.4. The lowest BCUT2D eigenvalue weighted by Gasteiger charge is -2.11. The topological polar surface area (TPSA) is 88.2 Å². The fourth-order valence-electron chi connectivity index (χ4n) is 2.10. The van der Waals surface area contributed by atoms with Gasteiger partial charge in [0.25, 0.3) is 11.8 Å². The monoisotopic (exact) mass is 339 g/mol. The second kappa shape index (κ2) is 8.19. The summed E-state index contributed by atoms with van der Waals surface area (Å²) in [7, 11) is 0. The number of anilines is 1. The lowest BCUT2D eigenvalue weighted by molar-refractivity contribution is 0.0933. The van der Waals surface area contributed by atoms with Gasteiger partial charge < -0.3 is 10.6 Å². The number of rotatable bonds is 6. The van der Waals surface area contributed by atoms with Crippen LogP contribution < -0.4 is 10.6 Å². The summed E-state index contributed by atoms with van der Waals surface area (Å²) in [6.07, 6.45) is 0.804. The lowest BCUT2D eigenvalue weighted by atomic mass is 10.1. The van der Waals surface area contributed by atoms with E-state index in [0.717, 1.165) is 6.42 Å². The normalized spacial score (nSPS) is 11.5. The van der Waals surface area contributed by atoms with Gasteiger partial charge in [-0.15, -0.1) is 0 Å². The average Bonchev–Trinajstić information content (AvgIpc) is 2.61. The lowest BCUT2D eigenvalue weighted by Crippen LogP contribution is -2.32. The van der Waals surface area contributed by atoms with Crippen LogP contribution in [0.3, 0.4) is 0 Å². The highest BCUT2D eigenvalue weighted by Crippen LogP contribution is 2.12. The van der Waals surface area contributed by atoms with E-state index < -0.39 is 5.91 Å². The Bertz CT molecular complexity index is 802. The van der Waals surface area contributed by atoms with E-state index in [1.807, 2.05) is 13.8 Å². The molecule has 6 heteroatoms. The molecule has 1 heterocycles. The Morgan fingerprint density at radius 1 is 1.04 bits per heavy atom. The SMILES string of the molecule is CCC(C)NC(=O)c1cccc(C(=O)Nc2cccc(C(C)=O)c2)n1. The standard InChI is InChI=1S/C19H21N3O3/c1-4-12(2)20-18(24)16-9-6-10-17(22-16)19(25)21-15-8-5-7-14(11-15)13(3)23/h5-12H,4H2,1-3H3,(H,20,24)(H,21,25). The van der Waals surface area contributed by atoms with Crippen LogP contribution in [-0.4, -0.2) is 28.6 Å². The number of benzene rings is 1. The van der Waals surface area contributed by atoms with Crippen molar-refractivity contribution in [2.24, 2.45) is 0 Å². The minimum absolute atomic E-state index is 0.0288. The number of amides is 2. The number of ketones is 1. The van der Waals surface area contributed by atoms with Crippen molar-refractivity contribution in [3.8, 4) is 0 Å². The predicted octanol–water partition coefficient (Wildman–Crippen LogP) is 3.06. The Labute approximate surface area is 146 Å². The third-order valence-electron chi connectivity index (χ3n) is 3.73. The van der Waals surface area contributed by atoms with Crippen molar-refractivity contribution in [1.29, 1.82) is 0 Å². The molecule has 0 aliphatic rings. The zero-order chi connectivity index (χ0) is 18.4. The number of hydrogen-bond donors (Lipinski definition) is 2. The molecule has 0 spiro atoms. The van der Waals surface area contributed by atoms with Crippen LogP contribution in [-0.2, 0) is 0 Å². The smallest absolute Gasteiger partial charge is 0.274 e. The highest BCUT2D eigenvalue weighted by Gasteiger charge is 2.14. The van der Waals surface area contributed by atoms with Crippen LogP contribution in [0.25, 0.3) is 0 Å². The van der Waals surface area contributed by atoms with Crippen molar-refractivity contribution in [2.75, 3.05) is 5.32 Å². The third-order valence-corrected chi connectivity index (χ3v) is 3.73. The number of nitrogens with zero attached hydrogens (tertiary/aromatic N) is 1. The van der Waals surface area contributed by atoms with Crippen LogP contribution in [0.1, 0.15) is 58.5 Å². The second-order valence-electron chi connectivity index (χ2n) is 5.78. The maximum atomic E-state index is 12.4. The van der Waals surface area contributed by atoms with Crippen LogP contribution in [0.5, 0.6) is 0 Å². The molecule has 6 nitrogen and oxygen atoms in total. The van der Waals surface area contributed by atoms with Gasteiger partial charge in [0.1, 0.15) is 11.4 Å². The van der Waals surface area contributed by atoms with Crippen molar-refractivity contribution in [2.45, 2.75) is 33.2 Å². The van der Waals surface area contributed by atoms with E-state index in [-0.39, 0.29) is 29.1 Å². The summed E-state index contributed by atoms with van der Waals surface area (Å²) in [5, 5.41) is 5.50. The van der Waals surface area contributed by atoms with Crippen LogP contribution in [0.15, 0.2) is 42.5 Å². The number of carbonyl (C=O) groups excluding carboxylic acids is 3. The molecule has 0 saturated carbocycles. The van der Waals surface area contributed by atoms with Gasteiger partial charge in [0.2, 0.25) is 0 Å². The molecule has 0 radical (unpaired) electrons. The van der Waals surface area contributed by atoms with Crippen molar-refractivity contribution in [3.63, 3.8) is 0 Å². The summed E-state index contributed by atoms with van der Waals surface area (Å²) in [6.45, 7) is 5.33. The second-order valence-corrected chi connectivity index (χ2v) is 5.78. The molecule has 2 rings (SSSR count). The first-order valence-electron chi connectivity index (χ1n) is 8.11. The van der Waals surface area contributed by atoms with Gasteiger partial charge in [-0.05, 0) is 44.5 Å². The van der Waals surface area contributed by atoms with Gasteiger partial charge in [-0.3, -0.25) is 14.4 Å². The van der Waals surface area contributed by atoms with Gasteiger partial charge in [-0.25, -0.2) is 4.98 Å². The fraction of sp³-hybridized carbons (Fsp3) is 0.263. The molecule has 25 heavy (non-hydrogen) atoms. The van der Waals surface area contributed by atoms with Gasteiger partial charge >= 0.3 is 0 Å². The number of hydrogen-bond acceptors (Lipinski definition) is 4. The van der Waals surface area contributed by atoms with Crippen molar-refractivity contribution >= 4 is 23.3 Å². The zero-order valence-corrected chi connectivity index (χ0v) is 14.5. The van der Waals surface area contributed by atoms with E-state index in [1.165, 1.54) is 13.0 Å². The molecule has 1 atom stereocenters. The highest BCUT2D eigenvalue weighted by atomic mass is 16.2. The number of pyridine rings is 1. The molecule has 1 aromatic carbocycles. The van der Waals surface area contributed by atoms with Gasteiger partial charge in [0.05, 0.1) is 0 Å². The highest BCUT2D eigenvalue weighted by molar-refractivity contribution is 6.04. The molecule has 1 aromatic heterocycles. The number of nitrogens with one attached hydrogen (secondary N) is 2. The van der Waals surface area contributed by atoms with Crippen LogP contribution >= 0.6 is 0 Å². The quantitative estimate of drug-likeness (QED) is 0.792. The number of carbonyl (C=O) groups is 3. The molecular weight excluding hydrogens is 318 g/mol. The summed E-state index contributed by atoms with van der Waals surface area (Å²) in [5.74, 6) is -0.848. The summed E-state index contributed by atoms with van der Waals surface area (Å²) in [5.41, 5.74) is 1.32. The first kappa shape index (κ1) is 18.3. The summed E-state index contributed by atoms with van der Waals surface area (Å²) < 4.78 is 0. The zero-order valence-electron chi connectivity index (χ0n) is 14.5. The Hall–Kier alpha value is -3.02. The van der Waals surface area contributed by atoms with E-state index >= 15 is 0 Å². The Morgan fingerprint density at radius 3 is 2.32 bits per heavy atom. The molecule has 0 fully saturated rings. The van der Waals surface area contributed by atoms with Crippen molar-refractivity contribution in [1.82, 2.24) is 10.3 Å². The Kier molecular flexibility index (Phi) is 6.00. The molecule has 0 saturated heterocycles. The van der Waals surface area contributed by atoms with Gasteiger partial charge in [-0.2, -0.15) is 0 Å². The maximum Gasteiger partial charge on any atom is 0.274 e. The minimum Gasteiger partial charge on any atom is -0.348 e. The molecule has 1 unspecified atom stereocenters. The molecule has 0 aliphatic carbocycles. The number of aromatic nitrogens is 1. The molecule has 2 aromatic rings. The minimum atomic E-state index is -0.445. The van der Waals surface area contributed by atoms with Crippen LogP contribution in [0, 0.1) is 0 Å². The fourth-order valence-corrected chi connectivity index (χ4v) is 2.10. The van der Waals surface area contributed by atoms with Crippen LogP contribution in [0.2, 0.25) is 0 Å². The van der Waals surface area contributed by atoms with Gasteiger partial charge in [-0.1, -0.05) is 25.1 Å². The van der Waals surface area contributed by atoms with E-state index in [2.05, 4.69) is 15.6 Å². The van der Waals surface area contributed by atoms with E-state index in [0.29, 0.717) is 11.3 Å². The van der Waals surface area contributed by atoms with Gasteiger partial charge in [0, 0.05) is 17.3 Å². The first-order valence-corrected chi connectivity index (χ1v) is 8.11. The van der Waals surface area contributed by atoms with Crippen molar-refractivity contribution in [3.05, 3.63) is 59.4 Å². The summed E-state index contributed by atoms with van der Waals surface area (Å²) >= 11 is 0. The molecule has 2 N–H and O–H groups in total. The third kappa shape index (κ3) is 4.97. The Balaban J connectivity index is 2.14. The first-order chi connectivity index (χ1) is 11.9. The molecule has 0 bridgehead atoms. The average molecular weight is 339 g/mol. The van der Waals surface area contributed by atoms with E-state index in [1.54, 1.807) is 36.4 Å². The molecular formula is C19H21N3O3. The molecule has 0 aliphatic heterocycles. The number of Topliss-reactive ketones (excluding diaryl/α,β-unsaturated/α-hetero) is 1. The largest absolute Gasteiger partial charge is 0.348 e. The van der Waals surface area contributed by atoms with E-state index in [4.69, 9.17) is 0 Å². The molecule has 2 amide bonds. The van der Waals surface area contributed by atoms with Gasteiger partial charge in [0.15, 0.2) is 5.78 Å². The Morgan fingerprint density at radius 2 is 1.68 bits per heavy atom. The van der Waals surface area contributed by atoms with E-state index in [9.17, 15) is 14.4 Å².